The number of hydrogen-bond donors (Lipinski definition) is 1. The Morgan fingerprint density at radius 3 is 2.69 bits per heavy atom. The number of fused-ring (bicyclic) bond motifs is 1. The molecule has 1 aliphatic rings. The van der Waals surface area contributed by atoms with Crippen LogP contribution in [-0.2, 0) is 0 Å². The fourth-order valence-electron chi connectivity index (χ4n) is 1.96. The topological polar surface area (TPSA) is 12.0 Å². The first kappa shape index (κ1) is 11.9. The molecule has 16 heavy (non-hydrogen) atoms. The highest BCUT2D eigenvalue weighted by atomic mass is 32.2. The van der Waals surface area contributed by atoms with E-state index in [1.807, 2.05) is 0 Å². The van der Waals surface area contributed by atoms with Gasteiger partial charge in [0.2, 0.25) is 0 Å². The van der Waals surface area contributed by atoms with E-state index < -0.39 is 11.6 Å². The van der Waals surface area contributed by atoms with Crippen molar-refractivity contribution in [1.82, 2.24) is 5.32 Å². The second-order valence-corrected chi connectivity index (χ2v) is 5.45. The van der Waals surface area contributed by atoms with Gasteiger partial charge in [0.1, 0.15) is 0 Å². The Labute approximate surface area is 98.6 Å². The SMILES string of the molecule is CC(C)NC1CCSc2cc(F)c(F)cc21. The minimum atomic E-state index is -0.753. The van der Waals surface area contributed by atoms with E-state index in [2.05, 4.69) is 19.2 Å². The van der Waals surface area contributed by atoms with E-state index in [1.54, 1.807) is 11.8 Å². The van der Waals surface area contributed by atoms with E-state index in [-0.39, 0.29) is 6.04 Å². The molecule has 1 atom stereocenters. The molecule has 1 N–H and O–H groups in total. The fraction of sp³-hybridized carbons (Fsp3) is 0.500. The Morgan fingerprint density at radius 2 is 2.00 bits per heavy atom. The lowest BCUT2D eigenvalue weighted by atomic mass is 10.0. The maximum absolute atomic E-state index is 13.2. The zero-order valence-electron chi connectivity index (χ0n) is 9.39. The molecule has 1 aromatic rings. The molecular weight excluding hydrogens is 228 g/mol. The molecule has 0 amide bonds. The highest BCUT2D eigenvalue weighted by Gasteiger charge is 2.23. The van der Waals surface area contributed by atoms with Crippen molar-refractivity contribution < 1.29 is 8.78 Å². The largest absolute Gasteiger partial charge is 0.308 e. The standard InChI is InChI=1S/C12H15F2NS/c1-7(2)15-11-3-4-16-12-6-10(14)9(13)5-8(11)12/h5-7,11,15H,3-4H2,1-2H3. The van der Waals surface area contributed by atoms with Crippen LogP contribution in [0.4, 0.5) is 8.78 Å². The minimum Gasteiger partial charge on any atom is -0.308 e. The lowest BCUT2D eigenvalue weighted by Crippen LogP contribution is -2.30. The average molecular weight is 243 g/mol. The van der Waals surface area contributed by atoms with Gasteiger partial charge in [-0.15, -0.1) is 11.8 Å². The van der Waals surface area contributed by atoms with Crippen molar-refractivity contribution in [3.8, 4) is 0 Å². The van der Waals surface area contributed by atoms with Crippen molar-refractivity contribution in [2.45, 2.75) is 37.2 Å². The van der Waals surface area contributed by atoms with Crippen molar-refractivity contribution in [1.29, 1.82) is 0 Å². The zero-order valence-corrected chi connectivity index (χ0v) is 10.2. The van der Waals surface area contributed by atoms with Gasteiger partial charge in [-0.3, -0.25) is 0 Å². The molecule has 1 aromatic carbocycles. The quantitative estimate of drug-likeness (QED) is 0.853. The van der Waals surface area contributed by atoms with Crippen LogP contribution in [-0.4, -0.2) is 11.8 Å². The summed E-state index contributed by atoms with van der Waals surface area (Å²) >= 11 is 1.60. The van der Waals surface area contributed by atoms with Gasteiger partial charge in [-0.2, -0.15) is 0 Å². The smallest absolute Gasteiger partial charge is 0.159 e. The van der Waals surface area contributed by atoms with Crippen molar-refractivity contribution in [2.24, 2.45) is 0 Å². The van der Waals surface area contributed by atoms with Gasteiger partial charge in [-0.1, -0.05) is 13.8 Å². The zero-order chi connectivity index (χ0) is 11.7. The van der Waals surface area contributed by atoms with Crippen LogP contribution in [0, 0.1) is 11.6 Å². The summed E-state index contributed by atoms with van der Waals surface area (Å²) in [6.45, 7) is 4.11. The lowest BCUT2D eigenvalue weighted by molar-refractivity contribution is 0.449. The number of thioether (sulfide) groups is 1. The van der Waals surface area contributed by atoms with Gasteiger partial charge in [0, 0.05) is 17.0 Å². The lowest BCUT2D eigenvalue weighted by Gasteiger charge is -2.27. The monoisotopic (exact) mass is 243 g/mol. The van der Waals surface area contributed by atoms with E-state index in [1.165, 1.54) is 12.1 Å². The van der Waals surface area contributed by atoms with Gasteiger partial charge >= 0.3 is 0 Å². The molecule has 0 saturated carbocycles. The van der Waals surface area contributed by atoms with Gasteiger partial charge in [0.25, 0.3) is 0 Å². The van der Waals surface area contributed by atoms with Crippen molar-refractivity contribution in [3.63, 3.8) is 0 Å². The molecule has 0 aromatic heterocycles. The van der Waals surface area contributed by atoms with Gasteiger partial charge < -0.3 is 5.32 Å². The summed E-state index contributed by atoms with van der Waals surface area (Å²) in [6.07, 6.45) is 0.959. The van der Waals surface area contributed by atoms with Gasteiger partial charge in [0.05, 0.1) is 0 Å². The molecule has 1 unspecified atom stereocenters. The summed E-state index contributed by atoms with van der Waals surface area (Å²) in [5.74, 6) is -0.559. The predicted octanol–water partition coefficient (Wildman–Crippen LogP) is 3.50. The molecule has 0 fully saturated rings. The van der Waals surface area contributed by atoms with Crippen LogP contribution < -0.4 is 5.32 Å². The molecule has 0 spiro atoms. The summed E-state index contributed by atoms with van der Waals surface area (Å²) in [5, 5.41) is 3.38. The molecule has 1 nitrogen and oxygen atoms in total. The first-order chi connectivity index (χ1) is 7.58. The van der Waals surface area contributed by atoms with Gasteiger partial charge in [0.15, 0.2) is 11.6 Å². The second kappa shape index (κ2) is 4.72. The number of nitrogens with one attached hydrogen (secondary N) is 1. The number of rotatable bonds is 2. The molecule has 1 aliphatic heterocycles. The normalized spacial score (nSPS) is 19.9. The summed E-state index contributed by atoms with van der Waals surface area (Å²) in [6, 6.07) is 3.13. The highest BCUT2D eigenvalue weighted by molar-refractivity contribution is 7.99. The van der Waals surface area contributed by atoms with Crippen LogP contribution in [0.15, 0.2) is 17.0 Å². The molecule has 0 bridgehead atoms. The predicted molar refractivity (Wildman–Crippen MR) is 62.7 cm³/mol. The Morgan fingerprint density at radius 1 is 1.31 bits per heavy atom. The summed E-state index contributed by atoms with van der Waals surface area (Å²) in [7, 11) is 0. The molecule has 0 saturated heterocycles. The van der Waals surface area contributed by atoms with Crippen LogP contribution in [0.25, 0.3) is 0 Å². The third-order valence-electron chi connectivity index (χ3n) is 2.63. The average Bonchev–Trinajstić information content (AvgIpc) is 2.20. The maximum atomic E-state index is 13.2. The summed E-state index contributed by atoms with van der Waals surface area (Å²) in [4.78, 5) is 0.864. The van der Waals surface area contributed by atoms with E-state index in [4.69, 9.17) is 0 Å². The first-order valence-corrected chi connectivity index (χ1v) is 6.44. The van der Waals surface area contributed by atoms with Crippen molar-refractivity contribution >= 4 is 11.8 Å². The number of halogens is 2. The summed E-state index contributed by atoms with van der Waals surface area (Å²) < 4.78 is 26.3. The number of benzene rings is 1. The maximum Gasteiger partial charge on any atom is 0.159 e. The van der Waals surface area contributed by atoms with Gasteiger partial charge in [-0.25, -0.2) is 8.78 Å². The molecular formula is C12H15F2NS. The molecule has 88 valence electrons. The molecule has 2 rings (SSSR count). The Balaban J connectivity index is 2.34. The third kappa shape index (κ3) is 2.38. The minimum absolute atomic E-state index is 0.145. The highest BCUT2D eigenvalue weighted by Crippen LogP contribution is 2.37. The molecule has 0 aliphatic carbocycles. The molecule has 0 radical (unpaired) electrons. The third-order valence-corrected chi connectivity index (χ3v) is 3.73. The van der Waals surface area contributed by atoms with Crippen LogP contribution >= 0.6 is 11.8 Å². The van der Waals surface area contributed by atoms with Crippen LogP contribution in [0.5, 0.6) is 0 Å². The van der Waals surface area contributed by atoms with Gasteiger partial charge in [-0.05, 0) is 29.9 Å². The van der Waals surface area contributed by atoms with Crippen molar-refractivity contribution in [2.75, 3.05) is 5.75 Å². The number of hydrogen-bond acceptors (Lipinski definition) is 2. The Kier molecular flexibility index (Phi) is 3.50. The van der Waals surface area contributed by atoms with E-state index in [9.17, 15) is 8.78 Å². The van der Waals surface area contributed by atoms with Crippen molar-refractivity contribution in [3.05, 3.63) is 29.3 Å². The summed E-state index contributed by atoms with van der Waals surface area (Å²) in [5.41, 5.74) is 0.892. The fourth-order valence-corrected chi connectivity index (χ4v) is 3.09. The van der Waals surface area contributed by atoms with E-state index in [0.29, 0.717) is 6.04 Å². The first-order valence-electron chi connectivity index (χ1n) is 5.45. The van der Waals surface area contributed by atoms with E-state index >= 15 is 0 Å². The van der Waals surface area contributed by atoms with E-state index in [0.717, 1.165) is 22.6 Å². The van der Waals surface area contributed by atoms with Crippen LogP contribution in [0.3, 0.4) is 0 Å². The second-order valence-electron chi connectivity index (χ2n) is 4.32. The Bertz CT molecular complexity index is 393. The molecule has 1 heterocycles. The van der Waals surface area contributed by atoms with Crippen LogP contribution in [0.1, 0.15) is 31.9 Å². The Hall–Kier alpha value is -0.610. The molecule has 4 heteroatoms. The van der Waals surface area contributed by atoms with Crippen LogP contribution in [0.2, 0.25) is 0 Å².